The van der Waals surface area contributed by atoms with Gasteiger partial charge in [-0.05, 0) is 30.7 Å². The van der Waals surface area contributed by atoms with Crippen LogP contribution in [0.2, 0.25) is 0 Å². The molecule has 0 saturated carbocycles. The molecule has 0 aliphatic carbocycles. The normalized spacial score (nSPS) is 21.8. The molecule has 2 saturated heterocycles. The lowest BCUT2D eigenvalue weighted by molar-refractivity contribution is -0.130. The second kappa shape index (κ2) is 7.69. The first-order valence-electron chi connectivity index (χ1n) is 8.96. The van der Waals surface area contributed by atoms with Crippen LogP contribution >= 0.6 is 0 Å². The van der Waals surface area contributed by atoms with Crippen molar-refractivity contribution >= 4 is 11.9 Å². The van der Waals surface area contributed by atoms with Gasteiger partial charge < -0.3 is 15.1 Å². The highest BCUT2D eigenvalue weighted by Crippen LogP contribution is 2.27. The van der Waals surface area contributed by atoms with E-state index in [0.717, 1.165) is 52.0 Å². The van der Waals surface area contributed by atoms with Gasteiger partial charge in [0.25, 0.3) is 0 Å². The van der Waals surface area contributed by atoms with Crippen molar-refractivity contribution in [2.75, 3.05) is 32.7 Å². The summed E-state index contributed by atoms with van der Waals surface area (Å²) in [6, 6.07) is 10.5. The molecule has 130 valence electrons. The molecule has 5 heteroatoms. The number of amides is 3. The summed E-state index contributed by atoms with van der Waals surface area (Å²) >= 11 is 0. The SMILES string of the molecule is CC(=O)N1CCC(CNC(=O)N2CCC(c3ccccc3)C2)CC1. The maximum atomic E-state index is 12.4. The summed E-state index contributed by atoms with van der Waals surface area (Å²) in [4.78, 5) is 27.6. The second-order valence-electron chi connectivity index (χ2n) is 6.98. The third-order valence-corrected chi connectivity index (χ3v) is 5.35. The van der Waals surface area contributed by atoms with Crippen molar-refractivity contribution in [3.8, 4) is 0 Å². The van der Waals surface area contributed by atoms with Crippen LogP contribution < -0.4 is 5.32 Å². The van der Waals surface area contributed by atoms with E-state index in [1.807, 2.05) is 15.9 Å². The summed E-state index contributed by atoms with van der Waals surface area (Å²) < 4.78 is 0. The third-order valence-electron chi connectivity index (χ3n) is 5.35. The molecule has 0 spiro atoms. The van der Waals surface area contributed by atoms with Gasteiger partial charge in [-0.3, -0.25) is 4.79 Å². The highest BCUT2D eigenvalue weighted by molar-refractivity contribution is 5.74. The van der Waals surface area contributed by atoms with Gasteiger partial charge in [-0.25, -0.2) is 4.79 Å². The lowest BCUT2D eigenvalue weighted by Crippen LogP contribution is -2.44. The van der Waals surface area contributed by atoms with Crippen LogP contribution in [0.25, 0.3) is 0 Å². The molecule has 1 atom stereocenters. The van der Waals surface area contributed by atoms with Crippen LogP contribution in [0.1, 0.15) is 37.7 Å². The number of nitrogens with zero attached hydrogens (tertiary/aromatic N) is 2. The van der Waals surface area contributed by atoms with Crippen LogP contribution in [0.15, 0.2) is 30.3 Å². The third kappa shape index (κ3) is 4.08. The summed E-state index contributed by atoms with van der Waals surface area (Å²) in [6.07, 6.45) is 2.99. The average molecular weight is 329 g/mol. The van der Waals surface area contributed by atoms with E-state index < -0.39 is 0 Å². The van der Waals surface area contributed by atoms with Crippen molar-refractivity contribution in [2.24, 2.45) is 5.92 Å². The van der Waals surface area contributed by atoms with Gasteiger partial charge in [0, 0.05) is 45.6 Å². The first-order valence-corrected chi connectivity index (χ1v) is 8.96. The van der Waals surface area contributed by atoms with E-state index in [9.17, 15) is 9.59 Å². The molecule has 2 aliphatic rings. The molecule has 2 heterocycles. The average Bonchev–Trinajstić information content (AvgIpc) is 3.11. The summed E-state index contributed by atoms with van der Waals surface area (Å²) in [5.41, 5.74) is 1.32. The lowest BCUT2D eigenvalue weighted by atomic mass is 9.97. The van der Waals surface area contributed by atoms with Crippen molar-refractivity contribution in [3.63, 3.8) is 0 Å². The summed E-state index contributed by atoms with van der Waals surface area (Å²) in [5.74, 6) is 1.09. The molecular weight excluding hydrogens is 302 g/mol. The van der Waals surface area contributed by atoms with Crippen LogP contribution in [-0.2, 0) is 4.79 Å². The Morgan fingerprint density at radius 2 is 1.71 bits per heavy atom. The minimum absolute atomic E-state index is 0.0578. The number of rotatable bonds is 3. The van der Waals surface area contributed by atoms with Crippen LogP contribution in [0.5, 0.6) is 0 Å². The molecule has 24 heavy (non-hydrogen) atoms. The molecule has 1 unspecified atom stereocenters. The summed E-state index contributed by atoms with van der Waals surface area (Å²) in [5, 5.41) is 3.09. The Balaban J connectivity index is 1.41. The van der Waals surface area contributed by atoms with Crippen molar-refractivity contribution in [1.82, 2.24) is 15.1 Å². The number of hydrogen-bond acceptors (Lipinski definition) is 2. The Labute approximate surface area is 144 Å². The maximum absolute atomic E-state index is 12.4. The summed E-state index contributed by atoms with van der Waals surface area (Å²) in [7, 11) is 0. The zero-order valence-electron chi connectivity index (χ0n) is 14.4. The first-order chi connectivity index (χ1) is 11.6. The molecule has 3 amide bonds. The van der Waals surface area contributed by atoms with Gasteiger partial charge in [0.15, 0.2) is 0 Å². The molecule has 2 aliphatic heterocycles. The van der Waals surface area contributed by atoms with E-state index in [4.69, 9.17) is 0 Å². The Morgan fingerprint density at radius 1 is 1.04 bits per heavy atom. The number of nitrogens with one attached hydrogen (secondary N) is 1. The van der Waals surface area contributed by atoms with E-state index in [1.54, 1.807) is 6.92 Å². The van der Waals surface area contributed by atoms with Crippen molar-refractivity contribution < 1.29 is 9.59 Å². The second-order valence-corrected chi connectivity index (χ2v) is 6.98. The van der Waals surface area contributed by atoms with Crippen molar-refractivity contribution in [2.45, 2.75) is 32.1 Å². The van der Waals surface area contributed by atoms with E-state index in [1.165, 1.54) is 5.56 Å². The first kappa shape index (κ1) is 16.8. The Morgan fingerprint density at radius 3 is 2.38 bits per heavy atom. The predicted molar refractivity (Wildman–Crippen MR) is 93.7 cm³/mol. The van der Waals surface area contributed by atoms with Crippen LogP contribution in [0.3, 0.4) is 0 Å². The zero-order chi connectivity index (χ0) is 16.9. The molecule has 0 radical (unpaired) electrons. The number of benzene rings is 1. The molecule has 5 nitrogen and oxygen atoms in total. The van der Waals surface area contributed by atoms with Gasteiger partial charge in [-0.15, -0.1) is 0 Å². The standard InChI is InChI=1S/C19H27N3O2/c1-15(23)21-10-7-16(8-11-21)13-20-19(24)22-12-9-18(14-22)17-5-3-2-4-6-17/h2-6,16,18H,7-14H2,1H3,(H,20,24). The highest BCUT2D eigenvalue weighted by Gasteiger charge is 2.28. The quantitative estimate of drug-likeness (QED) is 0.926. The molecule has 1 N–H and O–H groups in total. The molecular formula is C19H27N3O2. The minimum Gasteiger partial charge on any atom is -0.343 e. The lowest BCUT2D eigenvalue weighted by Gasteiger charge is -2.31. The van der Waals surface area contributed by atoms with Crippen LogP contribution in [-0.4, -0.2) is 54.5 Å². The van der Waals surface area contributed by atoms with E-state index >= 15 is 0 Å². The molecule has 3 rings (SSSR count). The fourth-order valence-electron chi connectivity index (χ4n) is 3.74. The fourth-order valence-corrected chi connectivity index (χ4v) is 3.74. The number of carbonyl (C=O) groups excluding carboxylic acids is 2. The van der Waals surface area contributed by atoms with Crippen molar-refractivity contribution in [3.05, 3.63) is 35.9 Å². The fraction of sp³-hybridized carbons (Fsp3) is 0.579. The highest BCUT2D eigenvalue weighted by atomic mass is 16.2. The maximum Gasteiger partial charge on any atom is 0.317 e. The largest absolute Gasteiger partial charge is 0.343 e. The zero-order valence-corrected chi connectivity index (χ0v) is 14.4. The van der Waals surface area contributed by atoms with Crippen molar-refractivity contribution in [1.29, 1.82) is 0 Å². The number of hydrogen-bond donors (Lipinski definition) is 1. The molecule has 1 aromatic carbocycles. The monoisotopic (exact) mass is 329 g/mol. The Bertz CT molecular complexity index is 567. The van der Waals surface area contributed by atoms with E-state index in [-0.39, 0.29) is 11.9 Å². The number of urea groups is 1. The minimum atomic E-state index is 0.0578. The Hall–Kier alpha value is -2.04. The van der Waals surface area contributed by atoms with Gasteiger partial charge in [0.1, 0.15) is 0 Å². The summed E-state index contributed by atoms with van der Waals surface area (Å²) in [6.45, 7) is 5.61. The number of piperidine rings is 1. The van der Waals surface area contributed by atoms with Gasteiger partial charge in [-0.2, -0.15) is 0 Å². The van der Waals surface area contributed by atoms with E-state index in [2.05, 4.69) is 29.6 Å². The number of carbonyl (C=O) groups is 2. The molecule has 1 aromatic rings. The smallest absolute Gasteiger partial charge is 0.317 e. The van der Waals surface area contributed by atoms with Gasteiger partial charge in [0.2, 0.25) is 5.91 Å². The Kier molecular flexibility index (Phi) is 5.38. The predicted octanol–water partition coefficient (Wildman–Crippen LogP) is 2.44. The van der Waals surface area contributed by atoms with Crippen LogP contribution in [0.4, 0.5) is 4.79 Å². The van der Waals surface area contributed by atoms with Gasteiger partial charge in [-0.1, -0.05) is 30.3 Å². The molecule has 0 aromatic heterocycles. The van der Waals surface area contributed by atoms with Crippen LogP contribution in [0, 0.1) is 5.92 Å². The van der Waals surface area contributed by atoms with E-state index in [0.29, 0.717) is 11.8 Å². The molecule has 2 fully saturated rings. The topological polar surface area (TPSA) is 52.7 Å². The van der Waals surface area contributed by atoms with Gasteiger partial charge in [0.05, 0.1) is 0 Å². The molecule has 0 bridgehead atoms. The van der Waals surface area contributed by atoms with Gasteiger partial charge >= 0.3 is 6.03 Å². The number of likely N-dealkylation sites (tertiary alicyclic amines) is 2.